The van der Waals surface area contributed by atoms with Crippen LogP contribution in [0.4, 0.5) is 0 Å². The molecule has 1 aliphatic heterocycles. The summed E-state index contributed by atoms with van der Waals surface area (Å²) in [7, 11) is 0. The molecule has 1 saturated heterocycles. The fraction of sp³-hybridized carbons (Fsp3) is 0.600. The lowest BCUT2D eigenvalue weighted by Crippen LogP contribution is -2.34. The van der Waals surface area contributed by atoms with Crippen molar-refractivity contribution in [1.82, 2.24) is 0 Å². The molecule has 2 aliphatic rings. The summed E-state index contributed by atoms with van der Waals surface area (Å²) < 4.78 is 6.27. The Morgan fingerprint density at radius 1 is 1.18 bits per heavy atom. The van der Waals surface area contributed by atoms with Crippen LogP contribution in [0, 0.1) is 0 Å². The summed E-state index contributed by atoms with van der Waals surface area (Å²) in [5, 5.41) is 0.655. The number of hydrogen-bond donors (Lipinski definition) is 0. The summed E-state index contributed by atoms with van der Waals surface area (Å²) >= 11 is 2.03. The molecule has 1 aromatic rings. The van der Waals surface area contributed by atoms with Crippen molar-refractivity contribution in [3.8, 4) is 0 Å². The number of hydrogen-bond acceptors (Lipinski definition) is 2. The summed E-state index contributed by atoms with van der Waals surface area (Å²) in [6, 6.07) is 10.8. The summed E-state index contributed by atoms with van der Waals surface area (Å²) in [5.41, 5.74) is 0.194. The van der Waals surface area contributed by atoms with Crippen molar-refractivity contribution in [1.29, 1.82) is 0 Å². The molecule has 2 heteroatoms. The van der Waals surface area contributed by atoms with Gasteiger partial charge in [0.25, 0.3) is 0 Å². The van der Waals surface area contributed by atoms with Gasteiger partial charge in [0.1, 0.15) is 0 Å². The molecule has 2 fully saturated rings. The van der Waals surface area contributed by atoms with Crippen molar-refractivity contribution in [2.45, 2.75) is 60.9 Å². The van der Waals surface area contributed by atoms with Gasteiger partial charge in [-0.15, -0.1) is 11.8 Å². The first-order valence-corrected chi connectivity index (χ1v) is 7.56. The predicted octanol–water partition coefficient (Wildman–Crippen LogP) is 4.27. The van der Waals surface area contributed by atoms with Crippen LogP contribution >= 0.6 is 11.8 Å². The van der Waals surface area contributed by atoms with Gasteiger partial charge in [-0.05, 0) is 38.3 Å². The van der Waals surface area contributed by atoms with Crippen molar-refractivity contribution in [3.63, 3.8) is 0 Å². The van der Waals surface area contributed by atoms with E-state index in [1.165, 1.54) is 37.0 Å². The van der Waals surface area contributed by atoms with Gasteiger partial charge in [-0.3, -0.25) is 0 Å². The van der Waals surface area contributed by atoms with E-state index in [4.69, 9.17) is 4.74 Å². The molecule has 0 radical (unpaired) electrons. The van der Waals surface area contributed by atoms with Gasteiger partial charge in [0.05, 0.1) is 11.7 Å². The second-order valence-electron chi connectivity index (χ2n) is 5.36. The first-order valence-electron chi connectivity index (χ1n) is 6.68. The van der Waals surface area contributed by atoms with Crippen LogP contribution in [-0.4, -0.2) is 17.0 Å². The Morgan fingerprint density at radius 2 is 1.88 bits per heavy atom. The largest absolute Gasteiger partial charge is 0.371 e. The van der Waals surface area contributed by atoms with Gasteiger partial charge < -0.3 is 4.74 Å². The molecule has 1 aromatic carbocycles. The smallest absolute Gasteiger partial charge is 0.0808 e. The maximum absolute atomic E-state index is 6.27. The fourth-order valence-electron chi connectivity index (χ4n) is 3.27. The van der Waals surface area contributed by atoms with Gasteiger partial charge in [-0.25, -0.2) is 0 Å². The third kappa shape index (κ3) is 2.25. The lowest BCUT2D eigenvalue weighted by molar-refractivity contribution is -0.0264. The molecule has 0 unspecified atom stereocenters. The standard InChI is InChI=1S/C15H20OS/c1-12-11-14(15(16-12)9-5-6-10-15)17-13-7-3-2-4-8-13/h2-4,7-8,12,14H,5-6,9-11H2,1H3/t12-,14+/m0/s1. The number of ether oxygens (including phenoxy) is 1. The average Bonchev–Trinajstić information content (AvgIpc) is 2.90. The van der Waals surface area contributed by atoms with Gasteiger partial charge in [0, 0.05) is 10.1 Å². The molecule has 0 aromatic heterocycles. The van der Waals surface area contributed by atoms with Gasteiger partial charge in [-0.1, -0.05) is 31.0 Å². The van der Waals surface area contributed by atoms with Crippen LogP contribution in [0.5, 0.6) is 0 Å². The maximum atomic E-state index is 6.27. The van der Waals surface area contributed by atoms with Crippen LogP contribution in [0.25, 0.3) is 0 Å². The van der Waals surface area contributed by atoms with Crippen molar-refractivity contribution in [3.05, 3.63) is 30.3 Å². The second kappa shape index (κ2) is 4.66. The van der Waals surface area contributed by atoms with E-state index in [0.717, 1.165) is 0 Å². The van der Waals surface area contributed by atoms with Gasteiger partial charge in [0.15, 0.2) is 0 Å². The summed E-state index contributed by atoms with van der Waals surface area (Å²) in [5.74, 6) is 0. The lowest BCUT2D eigenvalue weighted by Gasteiger charge is -2.29. The maximum Gasteiger partial charge on any atom is 0.0808 e. The number of rotatable bonds is 2. The van der Waals surface area contributed by atoms with Crippen LogP contribution in [-0.2, 0) is 4.74 Å². The first kappa shape index (κ1) is 11.6. The zero-order valence-corrected chi connectivity index (χ0v) is 11.2. The molecule has 1 saturated carbocycles. The van der Waals surface area contributed by atoms with Crippen LogP contribution in [0.15, 0.2) is 35.2 Å². The van der Waals surface area contributed by atoms with E-state index in [9.17, 15) is 0 Å². The third-order valence-corrected chi connectivity index (χ3v) is 5.49. The van der Waals surface area contributed by atoms with Crippen LogP contribution in [0.2, 0.25) is 0 Å². The fourth-order valence-corrected chi connectivity index (χ4v) is 4.79. The van der Waals surface area contributed by atoms with Crippen LogP contribution in [0.3, 0.4) is 0 Å². The van der Waals surface area contributed by atoms with E-state index in [-0.39, 0.29) is 5.60 Å². The topological polar surface area (TPSA) is 9.23 Å². The zero-order valence-electron chi connectivity index (χ0n) is 10.4. The Balaban J connectivity index is 1.77. The minimum atomic E-state index is 0.194. The van der Waals surface area contributed by atoms with E-state index in [2.05, 4.69) is 37.3 Å². The summed E-state index contributed by atoms with van der Waals surface area (Å²) in [4.78, 5) is 1.39. The minimum Gasteiger partial charge on any atom is -0.371 e. The van der Waals surface area contributed by atoms with Gasteiger partial charge >= 0.3 is 0 Å². The minimum absolute atomic E-state index is 0.194. The highest BCUT2D eigenvalue weighted by molar-refractivity contribution is 8.00. The van der Waals surface area contributed by atoms with E-state index >= 15 is 0 Å². The van der Waals surface area contributed by atoms with E-state index in [1.807, 2.05) is 11.8 Å². The Morgan fingerprint density at radius 3 is 2.59 bits per heavy atom. The second-order valence-corrected chi connectivity index (χ2v) is 6.63. The quantitative estimate of drug-likeness (QED) is 0.773. The van der Waals surface area contributed by atoms with Crippen molar-refractivity contribution in [2.75, 3.05) is 0 Å². The highest BCUT2D eigenvalue weighted by atomic mass is 32.2. The number of benzene rings is 1. The van der Waals surface area contributed by atoms with E-state index in [0.29, 0.717) is 11.4 Å². The Bertz CT molecular complexity index is 370. The Labute approximate surface area is 108 Å². The third-order valence-electron chi connectivity index (χ3n) is 4.04. The highest BCUT2D eigenvalue weighted by Crippen LogP contribution is 2.50. The average molecular weight is 248 g/mol. The van der Waals surface area contributed by atoms with E-state index < -0.39 is 0 Å². The molecule has 1 nitrogen and oxygen atoms in total. The van der Waals surface area contributed by atoms with Crippen LogP contribution < -0.4 is 0 Å². The lowest BCUT2D eigenvalue weighted by atomic mass is 9.97. The highest BCUT2D eigenvalue weighted by Gasteiger charge is 2.49. The molecular weight excluding hydrogens is 228 g/mol. The number of thioether (sulfide) groups is 1. The molecule has 1 aliphatic carbocycles. The molecule has 0 N–H and O–H groups in total. The predicted molar refractivity (Wildman–Crippen MR) is 72.5 cm³/mol. The molecule has 17 heavy (non-hydrogen) atoms. The normalized spacial score (nSPS) is 31.1. The molecule has 1 spiro atoms. The monoisotopic (exact) mass is 248 g/mol. The molecule has 2 atom stereocenters. The van der Waals surface area contributed by atoms with Gasteiger partial charge in [0.2, 0.25) is 0 Å². The summed E-state index contributed by atoms with van der Waals surface area (Å²) in [6.45, 7) is 2.23. The van der Waals surface area contributed by atoms with Gasteiger partial charge in [-0.2, -0.15) is 0 Å². The molecule has 3 rings (SSSR count). The molecule has 92 valence electrons. The first-order chi connectivity index (χ1) is 8.28. The van der Waals surface area contributed by atoms with Crippen LogP contribution in [0.1, 0.15) is 39.0 Å². The molecule has 0 amide bonds. The Hall–Kier alpha value is -0.470. The van der Waals surface area contributed by atoms with Crippen molar-refractivity contribution in [2.24, 2.45) is 0 Å². The zero-order chi connectivity index (χ0) is 11.7. The molecular formula is C15H20OS. The molecule has 0 bridgehead atoms. The molecule has 1 heterocycles. The summed E-state index contributed by atoms with van der Waals surface area (Å²) in [6.07, 6.45) is 6.87. The van der Waals surface area contributed by atoms with E-state index in [1.54, 1.807) is 0 Å². The van der Waals surface area contributed by atoms with Crippen molar-refractivity contribution < 1.29 is 4.74 Å². The van der Waals surface area contributed by atoms with Crippen molar-refractivity contribution >= 4 is 11.8 Å². The SMILES string of the molecule is C[C@H]1C[C@@H](Sc2ccccc2)C2(CCCC2)O1. The Kier molecular flexibility index (Phi) is 3.18.